The highest BCUT2D eigenvalue weighted by atomic mass is 32.2. The van der Waals surface area contributed by atoms with Gasteiger partial charge in [-0.15, -0.1) is 0 Å². The lowest BCUT2D eigenvalue weighted by atomic mass is 9.96. The molecule has 4 aromatic rings. The van der Waals surface area contributed by atoms with Gasteiger partial charge in [0.15, 0.2) is 17.4 Å². The monoisotopic (exact) mass is 732 g/mol. The van der Waals surface area contributed by atoms with Gasteiger partial charge in [-0.2, -0.15) is 26.8 Å². The molecule has 1 aliphatic heterocycles. The van der Waals surface area contributed by atoms with Crippen LogP contribution in [0.3, 0.4) is 0 Å². The Hall–Kier alpha value is -3.50. The Morgan fingerprint density at radius 1 is 1.20 bits per heavy atom. The molecule has 5 N–H and O–H groups in total. The van der Waals surface area contributed by atoms with Crippen molar-refractivity contribution in [3.8, 4) is 11.6 Å². The summed E-state index contributed by atoms with van der Waals surface area (Å²) in [4.78, 5) is 26.2. The summed E-state index contributed by atoms with van der Waals surface area (Å²) in [6.45, 7) is 8.49. The number of carbonyl (C=O) groups excluding carboxylic acids is 1. The fraction of sp³-hybridized carbons (Fsp3) is 0.515. The van der Waals surface area contributed by atoms with Crippen molar-refractivity contribution in [2.24, 2.45) is 5.41 Å². The molecular formula is C33H45N6O9PS. The first kappa shape index (κ1) is 37.7. The zero-order valence-electron chi connectivity index (χ0n) is 29.2. The number of nitrogens with one attached hydrogen (secondary N) is 1. The lowest BCUT2D eigenvalue weighted by Crippen LogP contribution is -2.45. The average Bonchev–Trinajstić information content (AvgIpc) is 3.50. The summed E-state index contributed by atoms with van der Waals surface area (Å²) >= 11 is 1.51. The summed E-state index contributed by atoms with van der Waals surface area (Å²) in [5.74, 6) is 0.580. The van der Waals surface area contributed by atoms with Gasteiger partial charge in [-0.3, -0.25) is 13.9 Å². The van der Waals surface area contributed by atoms with Gasteiger partial charge >= 0.3 is 13.7 Å². The molecule has 272 valence electrons. The highest BCUT2D eigenvalue weighted by molar-refractivity contribution is 7.98. The van der Waals surface area contributed by atoms with Crippen LogP contribution in [0.25, 0.3) is 21.9 Å². The number of fused-ring (bicyclic) bond motifs is 2. The molecular weight excluding hydrogens is 687 g/mol. The van der Waals surface area contributed by atoms with E-state index in [2.05, 4.69) is 20.0 Å². The summed E-state index contributed by atoms with van der Waals surface area (Å²) in [5, 5.41) is 27.3. The second-order valence-corrected chi connectivity index (χ2v) is 16.2. The van der Waals surface area contributed by atoms with Crippen LogP contribution in [-0.4, -0.2) is 91.9 Å². The maximum atomic E-state index is 14.7. The number of hydrogen-bond acceptors (Lipinski definition) is 14. The Morgan fingerprint density at radius 2 is 1.92 bits per heavy atom. The largest absolute Gasteiger partial charge is 0.479 e. The molecule has 6 atom stereocenters. The third-order valence-corrected chi connectivity index (χ3v) is 10.3. The fourth-order valence-corrected chi connectivity index (χ4v) is 7.59. The number of nitrogen functional groups attached to an aromatic ring is 1. The van der Waals surface area contributed by atoms with Gasteiger partial charge in [0, 0.05) is 5.39 Å². The van der Waals surface area contributed by atoms with Gasteiger partial charge in [0.2, 0.25) is 11.8 Å². The van der Waals surface area contributed by atoms with Crippen LogP contribution in [0.2, 0.25) is 0 Å². The summed E-state index contributed by atoms with van der Waals surface area (Å²) in [7, 11) is -3.02. The van der Waals surface area contributed by atoms with Crippen LogP contribution in [0.15, 0.2) is 42.5 Å². The molecule has 5 rings (SSSR count). The Balaban J connectivity index is 1.46. The number of nitrogens with zero attached hydrogens (tertiary/aromatic N) is 4. The lowest BCUT2D eigenvalue weighted by molar-refractivity contribution is -0.148. The summed E-state index contributed by atoms with van der Waals surface area (Å²) in [5.41, 5.74) is 4.20. The van der Waals surface area contributed by atoms with Crippen LogP contribution >= 0.6 is 19.5 Å². The molecule has 6 unspecified atom stereocenters. The maximum Gasteiger partial charge on any atom is 0.459 e. The van der Waals surface area contributed by atoms with Crippen LogP contribution in [0.5, 0.6) is 11.6 Å². The number of thioether (sulfide) groups is 1. The number of ether oxygens (including phenoxy) is 3. The maximum absolute atomic E-state index is 14.7. The third kappa shape index (κ3) is 8.17. The van der Waals surface area contributed by atoms with Crippen molar-refractivity contribution in [2.75, 3.05) is 38.1 Å². The van der Waals surface area contributed by atoms with E-state index < -0.39 is 50.4 Å². The SMILES string of the molecule is COc1nc(N)nc2c1nc(C)n2C1OC(COP(=O)(NC(CCSC)C(=O)OCC(C)(C)C)Oc2cccc3ccccc23)C(O)C1(C)O. The number of nitrogens with two attached hydrogens (primary N) is 1. The predicted molar refractivity (Wildman–Crippen MR) is 190 cm³/mol. The molecule has 0 bridgehead atoms. The van der Waals surface area contributed by atoms with E-state index in [1.54, 1.807) is 19.1 Å². The van der Waals surface area contributed by atoms with E-state index in [1.165, 1.54) is 30.4 Å². The number of aliphatic hydroxyl groups is 2. The van der Waals surface area contributed by atoms with Crippen molar-refractivity contribution < 1.29 is 42.8 Å². The number of aromatic nitrogens is 4. The number of rotatable bonds is 14. The molecule has 0 amide bonds. The number of hydrogen-bond donors (Lipinski definition) is 4. The number of aryl methyl sites for hydroxylation is 1. The van der Waals surface area contributed by atoms with E-state index in [1.807, 2.05) is 57.4 Å². The Morgan fingerprint density at radius 3 is 2.62 bits per heavy atom. The van der Waals surface area contributed by atoms with Gasteiger partial charge in [0.05, 0.1) is 20.3 Å². The van der Waals surface area contributed by atoms with E-state index in [0.29, 0.717) is 17.0 Å². The molecule has 0 radical (unpaired) electrons. The van der Waals surface area contributed by atoms with Crippen molar-refractivity contribution >= 4 is 53.4 Å². The molecule has 0 saturated carbocycles. The predicted octanol–water partition coefficient (Wildman–Crippen LogP) is 4.39. The van der Waals surface area contributed by atoms with Crippen LogP contribution in [0, 0.1) is 12.3 Å². The van der Waals surface area contributed by atoms with E-state index in [-0.39, 0.29) is 47.2 Å². The normalized spacial score (nSPS) is 22.8. The minimum atomic E-state index is -4.43. The van der Waals surface area contributed by atoms with Crippen molar-refractivity contribution in [3.63, 3.8) is 0 Å². The van der Waals surface area contributed by atoms with Crippen LogP contribution in [0.4, 0.5) is 5.95 Å². The highest BCUT2D eigenvalue weighted by Crippen LogP contribution is 2.49. The van der Waals surface area contributed by atoms with Gasteiger partial charge in [-0.1, -0.05) is 57.2 Å². The molecule has 2 aromatic heterocycles. The number of benzene rings is 2. The Kier molecular flexibility index (Phi) is 11.3. The van der Waals surface area contributed by atoms with Gasteiger partial charge in [0.25, 0.3) is 0 Å². The Bertz CT molecular complexity index is 1880. The molecule has 15 nitrogen and oxygen atoms in total. The summed E-state index contributed by atoms with van der Waals surface area (Å²) in [6.07, 6.45) is -1.85. The molecule has 50 heavy (non-hydrogen) atoms. The van der Waals surface area contributed by atoms with Crippen molar-refractivity contribution in [1.29, 1.82) is 0 Å². The fourth-order valence-electron chi connectivity index (χ4n) is 5.57. The summed E-state index contributed by atoms with van der Waals surface area (Å²) in [6, 6.07) is 11.6. The first-order chi connectivity index (χ1) is 23.6. The zero-order chi connectivity index (χ0) is 36.4. The number of esters is 1. The summed E-state index contributed by atoms with van der Waals surface area (Å²) < 4.78 is 45.5. The minimum absolute atomic E-state index is 0.0942. The highest BCUT2D eigenvalue weighted by Gasteiger charge is 2.54. The Labute approximate surface area is 294 Å². The number of anilines is 1. The first-order valence-electron chi connectivity index (χ1n) is 16.0. The molecule has 2 aromatic carbocycles. The lowest BCUT2D eigenvalue weighted by Gasteiger charge is -2.28. The third-order valence-electron chi connectivity index (χ3n) is 8.12. The topological polar surface area (TPSA) is 202 Å². The van der Waals surface area contributed by atoms with Crippen molar-refractivity contribution in [1.82, 2.24) is 24.6 Å². The molecule has 17 heteroatoms. The van der Waals surface area contributed by atoms with Crippen molar-refractivity contribution in [2.45, 2.75) is 71.1 Å². The molecule has 0 spiro atoms. The van der Waals surface area contributed by atoms with Gasteiger partial charge in [-0.05, 0) is 49.1 Å². The second-order valence-electron chi connectivity index (χ2n) is 13.5. The minimum Gasteiger partial charge on any atom is -0.479 e. The molecule has 1 aliphatic rings. The van der Waals surface area contributed by atoms with E-state index in [4.69, 9.17) is 29.0 Å². The van der Waals surface area contributed by atoms with Crippen LogP contribution in [0.1, 0.15) is 46.2 Å². The molecule has 1 saturated heterocycles. The van der Waals surface area contributed by atoms with Gasteiger partial charge in [0.1, 0.15) is 35.4 Å². The molecule has 1 fully saturated rings. The van der Waals surface area contributed by atoms with E-state index >= 15 is 0 Å². The quantitative estimate of drug-likeness (QED) is 0.105. The average molecular weight is 733 g/mol. The van der Waals surface area contributed by atoms with E-state index in [9.17, 15) is 19.6 Å². The number of methoxy groups -OCH3 is 1. The number of aliphatic hydroxyl groups excluding tert-OH is 1. The smallest absolute Gasteiger partial charge is 0.459 e. The molecule has 3 heterocycles. The van der Waals surface area contributed by atoms with Gasteiger partial charge < -0.3 is 34.7 Å². The molecule has 0 aliphatic carbocycles. The number of carbonyl (C=O) groups is 1. The number of imidazole rings is 1. The standard InChI is InChI=1S/C33H45N6O9PS/c1-19-35-25-27(36-31(34)37-28(25)44-6)39(19)30-33(5,42)26(40)24(47-30)17-46-49(43,48-23-14-10-12-20-11-8-9-13-21(20)23)38-22(15-16-50-7)29(41)45-18-32(2,3)4/h8-14,22,24,26,30,40,42H,15-18H2,1-7H3,(H,38,43)(H2,34,36,37). The van der Waals surface area contributed by atoms with Crippen molar-refractivity contribution in [3.05, 3.63) is 48.3 Å². The van der Waals surface area contributed by atoms with Crippen LogP contribution in [-0.2, 0) is 23.4 Å². The van der Waals surface area contributed by atoms with Gasteiger partial charge in [-0.25, -0.2) is 9.55 Å². The van der Waals surface area contributed by atoms with E-state index in [0.717, 1.165) is 5.39 Å². The second kappa shape index (κ2) is 15.0. The van der Waals surface area contributed by atoms with Crippen LogP contribution < -0.4 is 20.1 Å². The first-order valence-corrected chi connectivity index (χ1v) is 19.0. The zero-order valence-corrected chi connectivity index (χ0v) is 30.9.